The summed E-state index contributed by atoms with van der Waals surface area (Å²) in [7, 11) is 0. The van der Waals surface area contributed by atoms with E-state index in [9.17, 15) is 9.59 Å². The average molecular weight is 368 g/mol. The molecule has 27 heavy (non-hydrogen) atoms. The third kappa shape index (κ3) is 5.58. The van der Waals surface area contributed by atoms with Crippen LogP contribution in [0.3, 0.4) is 0 Å². The number of hydrazine groups is 1. The minimum atomic E-state index is -0.687. The van der Waals surface area contributed by atoms with Crippen molar-refractivity contribution in [3.8, 4) is 5.75 Å². The lowest BCUT2D eigenvalue weighted by Gasteiger charge is -2.21. The smallest absolute Gasteiger partial charge is 0.279 e. The number of amides is 2. The van der Waals surface area contributed by atoms with Crippen LogP contribution in [0.15, 0.2) is 48.5 Å². The third-order valence-corrected chi connectivity index (χ3v) is 4.57. The van der Waals surface area contributed by atoms with Gasteiger partial charge in [-0.2, -0.15) is 0 Å². The minimum absolute atomic E-state index is 0.336. The van der Waals surface area contributed by atoms with E-state index in [2.05, 4.69) is 24.7 Å². The van der Waals surface area contributed by atoms with Crippen molar-refractivity contribution in [1.82, 2.24) is 10.9 Å². The van der Waals surface area contributed by atoms with Crippen LogP contribution >= 0.6 is 0 Å². The van der Waals surface area contributed by atoms with Crippen LogP contribution in [0.1, 0.15) is 61.0 Å². The summed E-state index contributed by atoms with van der Waals surface area (Å²) in [5.74, 6) is 0.306. The van der Waals surface area contributed by atoms with E-state index < -0.39 is 6.10 Å². The van der Waals surface area contributed by atoms with Gasteiger partial charge in [0.15, 0.2) is 6.10 Å². The van der Waals surface area contributed by atoms with Crippen LogP contribution in [0, 0.1) is 6.92 Å². The van der Waals surface area contributed by atoms with Gasteiger partial charge in [0.1, 0.15) is 5.75 Å². The van der Waals surface area contributed by atoms with E-state index >= 15 is 0 Å². The summed E-state index contributed by atoms with van der Waals surface area (Å²) in [5, 5.41) is 0. The molecule has 0 saturated carbocycles. The Labute approximate surface area is 161 Å². The highest BCUT2D eigenvalue weighted by Gasteiger charge is 2.21. The van der Waals surface area contributed by atoms with E-state index in [4.69, 9.17) is 4.74 Å². The van der Waals surface area contributed by atoms with Crippen molar-refractivity contribution in [2.24, 2.45) is 0 Å². The molecule has 2 unspecified atom stereocenters. The predicted molar refractivity (Wildman–Crippen MR) is 107 cm³/mol. The third-order valence-electron chi connectivity index (χ3n) is 4.57. The summed E-state index contributed by atoms with van der Waals surface area (Å²) in [5.41, 5.74) is 7.48. The first kappa shape index (κ1) is 20.5. The minimum Gasteiger partial charge on any atom is -0.480 e. The maximum absolute atomic E-state index is 12.5. The molecule has 0 bridgehead atoms. The maximum Gasteiger partial charge on any atom is 0.279 e. The molecule has 0 aliphatic carbocycles. The van der Waals surface area contributed by atoms with Gasteiger partial charge in [0.05, 0.1) is 0 Å². The Bertz CT molecular complexity index is 789. The van der Waals surface area contributed by atoms with Gasteiger partial charge in [-0.1, -0.05) is 56.7 Å². The lowest BCUT2D eigenvalue weighted by atomic mass is 9.98. The predicted octanol–water partition coefficient (Wildman–Crippen LogP) is 4.13. The Morgan fingerprint density at radius 2 is 1.74 bits per heavy atom. The SMILES string of the molecule is CCC(Oc1ccccc1C(C)CC)C(=O)NNC(=O)c1cccc(C)c1. The van der Waals surface area contributed by atoms with Gasteiger partial charge in [-0.25, -0.2) is 0 Å². The van der Waals surface area contributed by atoms with Gasteiger partial charge in [0, 0.05) is 5.56 Å². The molecule has 5 heteroatoms. The van der Waals surface area contributed by atoms with Crippen molar-refractivity contribution in [3.63, 3.8) is 0 Å². The monoisotopic (exact) mass is 368 g/mol. The van der Waals surface area contributed by atoms with E-state index in [1.54, 1.807) is 18.2 Å². The zero-order valence-corrected chi connectivity index (χ0v) is 16.4. The van der Waals surface area contributed by atoms with Gasteiger partial charge in [-0.3, -0.25) is 20.4 Å². The van der Waals surface area contributed by atoms with Crippen molar-refractivity contribution in [3.05, 3.63) is 65.2 Å². The molecule has 144 valence electrons. The van der Waals surface area contributed by atoms with Crippen molar-refractivity contribution in [1.29, 1.82) is 0 Å². The van der Waals surface area contributed by atoms with Crippen LogP contribution in [-0.4, -0.2) is 17.9 Å². The molecular formula is C22H28N2O3. The summed E-state index contributed by atoms with van der Waals surface area (Å²) < 4.78 is 5.97. The number of hydrogen-bond donors (Lipinski definition) is 2. The molecule has 0 spiro atoms. The van der Waals surface area contributed by atoms with E-state index in [1.165, 1.54) is 0 Å². The summed E-state index contributed by atoms with van der Waals surface area (Å²) in [6.45, 7) is 8.03. The fourth-order valence-electron chi connectivity index (χ4n) is 2.75. The molecule has 0 fully saturated rings. The fraction of sp³-hybridized carbons (Fsp3) is 0.364. The van der Waals surface area contributed by atoms with Crippen molar-refractivity contribution < 1.29 is 14.3 Å². The zero-order valence-electron chi connectivity index (χ0n) is 16.4. The molecule has 0 aliphatic heterocycles. The standard InChI is InChI=1S/C22H28N2O3/c1-5-16(4)18-12-7-8-13-20(18)27-19(6-2)22(26)24-23-21(25)17-11-9-10-15(3)14-17/h7-14,16,19H,5-6H2,1-4H3,(H,23,25)(H,24,26). The topological polar surface area (TPSA) is 67.4 Å². The average Bonchev–Trinajstić information content (AvgIpc) is 2.69. The Balaban J connectivity index is 2.01. The number of nitrogens with one attached hydrogen (secondary N) is 2. The molecule has 2 rings (SSSR count). The van der Waals surface area contributed by atoms with Crippen molar-refractivity contribution in [2.45, 2.75) is 52.6 Å². The van der Waals surface area contributed by atoms with Gasteiger partial charge >= 0.3 is 0 Å². The molecule has 5 nitrogen and oxygen atoms in total. The van der Waals surface area contributed by atoms with Gasteiger partial charge < -0.3 is 4.74 Å². The largest absolute Gasteiger partial charge is 0.480 e. The first-order chi connectivity index (χ1) is 13.0. The highest BCUT2D eigenvalue weighted by Crippen LogP contribution is 2.29. The Morgan fingerprint density at radius 1 is 1.00 bits per heavy atom. The second kappa shape index (κ2) is 9.76. The van der Waals surface area contributed by atoms with Gasteiger partial charge in [0.2, 0.25) is 0 Å². The van der Waals surface area contributed by atoms with Crippen LogP contribution in [0.2, 0.25) is 0 Å². The number of ether oxygens (including phenoxy) is 1. The molecule has 2 amide bonds. The van der Waals surface area contributed by atoms with Gasteiger partial charge in [-0.05, 0) is 49.4 Å². The number of benzene rings is 2. The number of aryl methyl sites for hydroxylation is 1. The Hall–Kier alpha value is -2.82. The highest BCUT2D eigenvalue weighted by molar-refractivity contribution is 5.95. The van der Waals surface area contributed by atoms with E-state index in [0.717, 1.165) is 17.5 Å². The van der Waals surface area contributed by atoms with Crippen LogP contribution in [0.25, 0.3) is 0 Å². The lowest BCUT2D eigenvalue weighted by Crippen LogP contribution is -2.48. The van der Waals surface area contributed by atoms with E-state index in [1.807, 2.05) is 44.2 Å². The van der Waals surface area contributed by atoms with Crippen molar-refractivity contribution >= 4 is 11.8 Å². The molecule has 0 radical (unpaired) electrons. The fourth-order valence-corrected chi connectivity index (χ4v) is 2.75. The van der Waals surface area contributed by atoms with Gasteiger partial charge in [0.25, 0.3) is 11.8 Å². The van der Waals surface area contributed by atoms with Gasteiger partial charge in [-0.15, -0.1) is 0 Å². The Kier molecular flexibility index (Phi) is 7.41. The number of para-hydroxylation sites is 1. The van der Waals surface area contributed by atoms with Crippen LogP contribution in [0.4, 0.5) is 0 Å². The van der Waals surface area contributed by atoms with E-state index in [-0.39, 0.29) is 11.8 Å². The van der Waals surface area contributed by atoms with Crippen molar-refractivity contribution in [2.75, 3.05) is 0 Å². The molecule has 2 aromatic rings. The molecular weight excluding hydrogens is 340 g/mol. The number of carbonyl (C=O) groups excluding carboxylic acids is 2. The highest BCUT2D eigenvalue weighted by atomic mass is 16.5. The van der Waals surface area contributed by atoms with Crippen LogP contribution < -0.4 is 15.6 Å². The maximum atomic E-state index is 12.5. The lowest BCUT2D eigenvalue weighted by molar-refractivity contribution is -0.128. The van der Waals surface area contributed by atoms with Crippen LogP contribution in [0.5, 0.6) is 5.75 Å². The summed E-state index contributed by atoms with van der Waals surface area (Å²) in [4.78, 5) is 24.7. The second-order valence-electron chi connectivity index (χ2n) is 6.67. The summed E-state index contributed by atoms with van der Waals surface area (Å²) >= 11 is 0. The molecule has 2 atom stereocenters. The summed E-state index contributed by atoms with van der Waals surface area (Å²) in [6.07, 6.45) is 0.782. The number of hydrogen-bond acceptors (Lipinski definition) is 3. The first-order valence-electron chi connectivity index (χ1n) is 9.38. The number of rotatable bonds is 7. The zero-order chi connectivity index (χ0) is 19.8. The van der Waals surface area contributed by atoms with Crippen LogP contribution in [-0.2, 0) is 4.79 Å². The molecule has 0 aliphatic rings. The quantitative estimate of drug-likeness (QED) is 0.722. The first-order valence-corrected chi connectivity index (χ1v) is 9.38. The Morgan fingerprint density at radius 3 is 2.41 bits per heavy atom. The molecule has 0 heterocycles. The second-order valence-corrected chi connectivity index (χ2v) is 6.67. The normalized spacial score (nSPS) is 12.7. The molecule has 2 N–H and O–H groups in total. The summed E-state index contributed by atoms with van der Waals surface area (Å²) in [6, 6.07) is 14.9. The number of carbonyl (C=O) groups is 2. The molecule has 0 aromatic heterocycles. The molecule has 0 saturated heterocycles. The van der Waals surface area contributed by atoms with E-state index in [0.29, 0.717) is 23.7 Å². The molecule has 2 aromatic carbocycles.